The minimum absolute atomic E-state index is 0.0749. The molecule has 0 radical (unpaired) electrons. The van der Waals surface area contributed by atoms with Crippen LogP contribution in [0.15, 0.2) is 48.5 Å². The van der Waals surface area contributed by atoms with Gasteiger partial charge in [-0.2, -0.15) is 0 Å². The van der Waals surface area contributed by atoms with Crippen molar-refractivity contribution < 1.29 is 14.3 Å². The van der Waals surface area contributed by atoms with Gasteiger partial charge in [0, 0.05) is 0 Å². The van der Waals surface area contributed by atoms with E-state index >= 15 is 0 Å². The van der Waals surface area contributed by atoms with E-state index < -0.39 is 11.8 Å². The fraction of sp³-hybridized carbons (Fsp3) is 0.0714. The number of benzene rings is 2. The van der Waals surface area contributed by atoms with Crippen LogP contribution in [-0.4, -0.2) is 26.0 Å². The Hall–Kier alpha value is -1.64. The molecule has 0 unspecified atom stereocenters. The zero-order chi connectivity index (χ0) is 13.0. The van der Waals surface area contributed by atoms with Crippen molar-refractivity contribution in [2.24, 2.45) is 0 Å². The van der Waals surface area contributed by atoms with E-state index in [9.17, 15) is 9.18 Å². The van der Waals surface area contributed by atoms with Crippen molar-refractivity contribution >= 4 is 25.4 Å². The van der Waals surface area contributed by atoms with Gasteiger partial charge in [-0.25, -0.2) is 0 Å². The molecule has 4 heteroatoms. The summed E-state index contributed by atoms with van der Waals surface area (Å²) >= 11 is -0.222. The van der Waals surface area contributed by atoms with Gasteiger partial charge in [-0.15, -0.1) is 0 Å². The Balaban J connectivity index is 2.21. The number of carboxylic acid groups (broad SMARTS) is 1. The first-order valence-corrected chi connectivity index (χ1v) is 7.44. The molecular weight excluding hydrogens is 298 g/mol. The van der Waals surface area contributed by atoms with Crippen LogP contribution in [-0.2, 0) is 5.32 Å². The summed E-state index contributed by atoms with van der Waals surface area (Å²) in [6.45, 7) is 0. The average molecular weight is 309 g/mol. The monoisotopic (exact) mass is 310 g/mol. The quantitative estimate of drug-likeness (QED) is 0.878. The summed E-state index contributed by atoms with van der Waals surface area (Å²) in [5, 5.41) is 9.72. The minimum atomic E-state index is -1.07. The molecule has 0 aliphatic rings. The molecule has 92 valence electrons. The summed E-state index contributed by atoms with van der Waals surface area (Å²) in [6.07, 6.45) is 0. The molecule has 18 heavy (non-hydrogen) atoms. The third-order valence-corrected chi connectivity index (χ3v) is 4.90. The first-order chi connectivity index (χ1) is 8.68. The summed E-state index contributed by atoms with van der Waals surface area (Å²) in [7, 11) is 0. The van der Waals surface area contributed by atoms with Crippen molar-refractivity contribution in [2.75, 3.05) is 0 Å². The van der Waals surface area contributed by atoms with Gasteiger partial charge in [0.1, 0.15) is 0 Å². The van der Waals surface area contributed by atoms with Crippen molar-refractivity contribution in [3.05, 3.63) is 65.5 Å². The first-order valence-electron chi connectivity index (χ1n) is 5.37. The van der Waals surface area contributed by atoms with Gasteiger partial charge in [-0.3, -0.25) is 0 Å². The molecule has 0 spiro atoms. The fourth-order valence-electron chi connectivity index (χ4n) is 1.55. The Labute approximate surface area is 111 Å². The van der Waals surface area contributed by atoms with Gasteiger partial charge >= 0.3 is 110 Å². The van der Waals surface area contributed by atoms with E-state index in [-0.39, 0.29) is 20.5 Å². The van der Waals surface area contributed by atoms with Gasteiger partial charge in [-0.05, 0) is 0 Å². The van der Waals surface area contributed by atoms with Crippen molar-refractivity contribution in [3.8, 4) is 0 Å². The second-order valence-electron chi connectivity index (χ2n) is 3.70. The molecule has 1 N–H and O–H groups in total. The van der Waals surface area contributed by atoms with Crippen LogP contribution in [0.2, 0.25) is 0 Å². The molecule has 0 saturated carbocycles. The Morgan fingerprint density at radius 3 is 2.50 bits per heavy atom. The van der Waals surface area contributed by atoms with Gasteiger partial charge in [0.25, 0.3) is 0 Å². The molecule has 0 aliphatic carbocycles. The number of aromatic carboxylic acids is 1. The number of halogens is 1. The third kappa shape index (κ3) is 2.97. The van der Waals surface area contributed by atoms with Crippen molar-refractivity contribution in [3.63, 3.8) is 0 Å². The maximum atomic E-state index is 13.7. The van der Waals surface area contributed by atoms with Crippen LogP contribution in [0.5, 0.6) is 0 Å². The molecule has 0 amide bonds. The summed E-state index contributed by atoms with van der Waals surface area (Å²) in [4.78, 5) is 11.0. The van der Waals surface area contributed by atoms with E-state index in [0.29, 0.717) is 9.78 Å². The first kappa shape index (κ1) is 12.8. The number of carboxylic acids is 1. The van der Waals surface area contributed by atoms with Crippen LogP contribution in [0.3, 0.4) is 0 Å². The molecule has 0 atom stereocenters. The summed E-state index contributed by atoms with van der Waals surface area (Å²) in [5.41, 5.74) is 1.17. The summed E-state index contributed by atoms with van der Waals surface area (Å²) in [6, 6.07) is 13.9. The van der Waals surface area contributed by atoms with Gasteiger partial charge in [-0.1, -0.05) is 0 Å². The van der Waals surface area contributed by atoms with Gasteiger partial charge in [0.15, 0.2) is 0 Å². The fourth-order valence-corrected chi connectivity index (χ4v) is 3.69. The number of hydrogen-bond acceptors (Lipinski definition) is 1. The van der Waals surface area contributed by atoms with Crippen molar-refractivity contribution in [1.29, 1.82) is 0 Å². The molecule has 2 rings (SSSR count). The number of hydrogen-bond donors (Lipinski definition) is 1. The van der Waals surface area contributed by atoms with E-state index in [0.717, 1.165) is 5.56 Å². The van der Waals surface area contributed by atoms with Gasteiger partial charge < -0.3 is 0 Å². The van der Waals surface area contributed by atoms with E-state index in [1.165, 1.54) is 18.2 Å². The third-order valence-electron chi connectivity index (χ3n) is 2.42. The molecule has 0 heterocycles. The Morgan fingerprint density at radius 2 is 1.83 bits per heavy atom. The molecule has 0 aromatic heterocycles. The van der Waals surface area contributed by atoms with Crippen LogP contribution < -0.4 is 4.46 Å². The molecule has 0 fully saturated rings. The molecular formula is C14H11FO2Se. The van der Waals surface area contributed by atoms with Gasteiger partial charge in [0.2, 0.25) is 0 Å². The zero-order valence-corrected chi connectivity index (χ0v) is 11.2. The second kappa shape index (κ2) is 5.80. The van der Waals surface area contributed by atoms with Crippen LogP contribution >= 0.6 is 0 Å². The van der Waals surface area contributed by atoms with Crippen LogP contribution in [0, 0.1) is 5.82 Å². The predicted octanol–water partition coefficient (Wildman–Crippen LogP) is 2.05. The van der Waals surface area contributed by atoms with Crippen molar-refractivity contribution in [2.45, 2.75) is 5.32 Å². The molecule has 2 nitrogen and oxygen atoms in total. The topological polar surface area (TPSA) is 37.3 Å². The van der Waals surface area contributed by atoms with Crippen LogP contribution in [0.4, 0.5) is 4.39 Å². The zero-order valence-electron chi connectivity index (χ0n) is 9.47. The van der Waals surface area contributed by atoms with E-state index in [1.807, 2.05) is 30.3 Å². The summed E-state index contributed by atoms with van der Waals surface area (Å²) in [5.74, 6) is -1.50. The molecule has 0 aliphatic heterocycles. The van der Waals surface area contributed by atoms with E-state index in [4.69, 9.17) is 5.11 Å². The predicted molar refractivity (Wildman–Crippen MR) is 68.9 cm³/mol. The van der Waals surface area contributed by atoms with Gasteiger partial charge in [0.05, 0.1) is 0 Å². The SMILES string of the molecule is O=C(O)c1cccc(F)c1[Se]Cc1ccccc1. The molecule has 0 bridgehead atoms. The molecule has 0 saturated heterocycles. The van der Waals surface area contributed by atoms with Crippen LogP contribution in [0.25, 0.3) is 0 Å². The Bertz CT molecular complexity index is 555. The molecule has 2 aromatic carbocycles. The Morgan fingerprint density at radius 1 is 1.11 bits per heavy atom. The second-order valence-corrected chi connectivity index (χ2v) is 5.76. The van der Waals surface area contributed by atoms with Crippen molar-refractivity contribution in [1.82, 2.24) is 0 Å². The van der Waals surface area contributed by atoms with E-state index in [2.05, 4.69) is 0 Å². The summed E-state index contributed by atoms with van der Waals surface area (Å²) < 4.78 is 14.0. The standard InChI is InChI=1S/C14H11FO2Se/c15-12-8-4-7-11(14(16)17)13(12)18-9-10-5-2-1-3-6-10/h1-8H,9H2,(H,16,17). The van der Waals surface area contributed by atoms with E-state index in [1.54, 1.807) is 0 Å². The number of rotatable bonds is 4. The average Bonchev–Trinajstić information content (AvgIpc) is 2.38. The maximum absolute atomic E-state index is 13.7. The van der Waals surface area contributed by atoms with Crippen LogP contribution in [0.1, 0.15) is 15.9 Å². The normalized spacial score (nSPS) is 10.3. The Kier molecular flexibility index (Phi) is 4.13. The number of carbonyl (C=O) groups is 1. The molecule has 2 aromatic rings.